The number of aliphatic imine (C=N–C) groups is 1. The topological polar surface area (TPSA) is 89.3 Å². The molecule has 0 aliphatic carbocycles. The van der Waals surface area contributed by atoms with Gasteiger partial charge in [0.15, 0.2) is 0 Å². The van der Waals surface area contributed by atoms with E-state index in [4.69, 9.17) is 5.26 Å². The van der Waals surface area contributed by atoms with E-state index in [1.807, 2.05) is 37.3 Å². The second-order valence-electron chi connectivity index (χ2n) is 3.79. The van der Waals surface area contributed by atoms with Crippen molar-refractivity contribution in [2.75, 3.05) is 11.9 Å². The minimum atomic E-state index is -0.370. The van der Waals surface area contributed by atoms with Crippen LogP contribution in [0.25, 0.3) is 0 Å². The first-order chi connectivity index (χ1) is 9.24. The van der Waals surface area contributed by atoms with Gasteiger partial charge < -0.3 is 10.6 Å². The Kier molecular flexibility index (Phi) is 3.78. The maximum atomic E-state index is 11.5. The van der Waals surface area contributed by atoms with Crippen molar-refractivity contribution in [3.63, 3.8) is 0 Å². The summed E-state index contributed by atoms with van der Waals surface area (Å²) in [7, 11) is 0. The van der Waals surface area contributed by atoms with Gasteiger partial charge in [0, 0.05) is 12.8 Å². The van der Waals surface area contributed by atoms with Crippen molar-refractivity contribution in [1.29, 1.82) is 5.26 Å². The fourth-order valence-corrected chi connectivity index (χ4v) is 1.59. The Labute approximate surface area is 110 Å². The van der Waals surface area contributed by atoms with E-state index in [9.17, 15) is 4.79 Å². The second kappa shape index (κ2) is 5.69. The Bertz CT molecular complexity index is 597. The number of hydrogen-bond donors (Lipinski definition) is 3. The van der Waals surface area contributed by atoms with Gasteiger partial charge in [0.1, 0.15) is 17.5 Å². The summed E-state index contributed by atoms with van der Waals surface area (Å²) in [6.45, 7) is 2.32. The molecule has 2 amide bonds. The molecule has 96 valence electrons. The van der Waals surface area contributed by atoms with E-state index in [1.54, 1.807) is 0 Å². The fourth-order valence-electron chi connectivity index (χ4n) is 1.59. The zero-order valence-corrected chi connectivity index (χ0v) is 10.4. The first kappa shape index (κ1) is 12.6. The molecule has 0 fully saturated rings. The lowest BCUT2D eigenvalue weighted by Gasteiger charge is -2.13. The summed E-state index contributed by atoms with van der Waals surface area (Å²) < 4.78 is 0. The average Bonchev–Trinajstić information content (AvgIpc) is 2.57. The van der Waals surface area contributed by atoms with Crippen LogP contribution in [0.15, 0.2) is 40.7 Å². The van der Waals surface area contributed by atoms with Crippen LogP contribution in [0.5, 0.6) is 0 Å². The molecule has 0 saturated heterocycles. The Morgan fingerprint density at radius 2 is 2.26 bits per heavy atom. The monoisotopic (exact) mass is 255 g/mol. The Morgan fingerprint density at radius 3 is 3.00 bits per heavy atom. The SMILES string of the molecule is CCNC(=O)NC1=C(C#N)C=Nc2ccccc2N1. The molecular formula is C13H13N5O. The zero-order chi connectivity index (χ0) is 13.7. The number of allylic oxidation sites excluding steroid dienone is 1. The Morgan fingerprint density at radius 1 is 1.47 bits per heavy atom. The van der Waals surface area contributed by atoms with Crippen LogP contribution in [0.3, 0.4) is 0 Å². The lowest BCUT2D eigenvalue weighted by Crippen LogP contribution is -2.37. The van der Waals surface area contributed by atoms with Crippen molar-refractivity contribution >= 4 is 23.6 Å². The normalized spacial score (nSPS) is 12.8. The number of amides is 2. The molecule has 6 nitrogen and oxygen atoms in total. The first-order valence-corrected chi connectivity index (χ1v) is 5.84. The number of carbonyl (C=O) groups is 1. The molecule has 1 aromatic carbocycles. The zero-order valence-electron chi connectivity index (χ0n) is 10.4. The van der Waals surface area contributed by atoms with Gasteiger partial charge in [-0.25, -0.2) is 4.79 Å². The third-order valence-corrected chi connectivity index (χ3v) is 2.46. The van der Waals surface area contributed by atoms with Gasteiger partial charge >= 0.3 is 6.03 Å². The molecule has 1 heterocycles. The summed E-state index contributed by atoms with van der Waals surface area (Å²) in [5, 5.41) is 17.3. The molecular weight excluding hydrogens is 242 g/mol. The van der Waals surface area contributed by atoms with E-state index >= 15 is 0 Å². The number of nitrogens with zero attached hydrogens (tertiary/aromatic N) is 2. The van der Waals surface area contributed by atoms with Gasteiger partial charge in [-0.05, 0) is 19.1 Å². The van der Waals surface area contributed by atoms with Crippen molar-refractivity contribution in [3.05, 3.63) is 35.7 Å². The number of fused-ring (bicyclic) bond motifs is 1. The number of carbonyl (C=O) groups excluding carboxylic acids is 1. The van der Waals surface area contributed by atoms with Crippen molar-refractivity contribution in [2.24, 2.45) is 4.99 Å². The maximum absolute atomic E-state index is 11.5. The number of nitriles is 1. The second-order valence-corrected chi connectivity index (χ2v) is 3.79. The van der Waals surface area contributed by atoms with Gasteiger partial charge in [-0.2, -0.15) is 5.26 Å². The molecule has 0 aromatic heterocycles. The molecule has 0 radical (unpaired) electrons. The highest BCUT2D eigenvalue weighted by Crippen LogP contribution is 2.27. The number of urea groups is 1. The number of nitrogens with one attached hydrogen (secondary N) is 3. The number of para-hydroxylation sites is 2. The molecule has 0 unspecified atom stereocenters. The third kappa shape index (κ3) is 2.90. The van der Waals surface area contributed by atoms with Gasteiger partial charge in [-0.15, -0.1) is 0 Å². The number of hydrogen-bond acceptors (Lipinski definition) is 4. The van der Waals surface area contributed by atoms with Gasteiger partial charge in [-0.1, -0.05) is 12.1 Å². The molecule has 1 aromatic rings. The minimum absolute atomic E-state index is 0.266. The molecule has 0 bridgehead atoms. The summed E-state index contributed by atoms with van der Waals surface area (Å²) in [5.74, 6) is 0.321. The van der Waals surface area contributed by atoms with Crippen molar-refractivity contribution in [1.82, 2.24) is 10.6 Å². The smallest absolute Gasteiger partial charge is 0.320 e. The third-order valence-electron chi connectivity index (χ3n) is 2.46. The number of rotatable bonds is 2. The van der Waals surface area contributed by atoms with Gasteiger partial charge in [-0.3, -0.25) is 10.3 Å². The Balaban J connectivity index is 2.30. The first-order valence-electron chi connectivity index (χ1n) is 5.84. The minimum Gasteiger partial charge on any atom is -0.339 e. The summed E-state index contributed by atoms with van der Waals surface area (Å²) in [6.07, 6.45) is 1.43. The number of anilines is 1. The van der Waals surface area contributed by atoms with Crippen LogP contribution in [0.2, 0.25) is 0 Å². The van der Waals surface area contributed by atoms with E-state index in [2.05, 4.69) is 20.9 Å². The van der Waals surface area contributed by atoms with Crippen LogP contribution in [0.1, 0.15) is 6.92 Å². The van der Waals surface area contributed by atoms with Crippen LogP contribution < -0.4 is 16.0 Å². The van der Waals surface area contributed by atoms with E-state index in [0.717, 1.165) is 5.69 Å². The quantitative estimate of drug-likeness (QED) is 0.753. The molecule has 6 heteroatoms. The number of benzene rings is 1. The van der Waals surface area contributed by atoms with E-state index in [0.29, 0.717) is 18.1 Å². The summed E-state index contributed by atoms with van der Waals surface area (Å²) in [5.41, 5.74) is 1.71. The molecule has 0 saturated carbocycles. The summed E-state index contributed by atoms with van der Waals surface area (Å²) in [6, 6.07) is 8.98. The molecule has 3 N–H and O–H groups in total. The van der Waals surface area contributed by atoms with E-state index < -0.39 is 0 Å². The lowest BCUT2D eigenvalue weighted by molar-refractivity contribution is 0.244. The molecule has 19 heavy (non-hydrogen) atoms. The fraction of sp³-hybridized carbons (Fsp3) is 0.154. The van der Waals surface area contributed by atoms with Gasteiger partial charge in [0.05, 0.1) is 11.4 Å². The van der Waals surface area contributed by atoms with Crippen molar-refractivity contribution in [2.45, 2.75) is 6.92 Å². The lowest BCUT2D eigenvalue weighted by atomic mass is 10.2. The summed E-state index contributed by atoms with van der Waals surface area (Å²) in [4.78, 5) is 15.7. The van der Waals surface area contributed by atoms with Crippen LogP contribution in [-0.4, -0.2) is 18.8 Å². The molecule has 2 rings (SSSR count). The van der Waals surface area contributed by atoms with Gasteiger partial charge in [0.25, 0.3) is 0 Å². The molecule has 0 atom stereocenters. The van der Waals surface area contributed by atoms with Gasteiger partial charge in [0.2, 0.25) is 0 Å². The van der Waals surface area contributed by atoms with Crippen LogP contribution >= 0.6 is 0 Å². The largest absolute Gasteiger partial charge is 0.339 e. The van der Waals surface area contributed by atoms with Crippen molar-refractivity contribution < 1.29 is 4.79 Å². The van der Waals surface area contributed by atoms with Crippen LogP contribution in [0, 0.1) is 11.3 Å². The standard InChI is InChI=1S/C13H13N5O/c1-2-15-13(19)18-12-9(7-14)8-16-10-5-3-4-6-11(10)17-12/h3-6,8,17H,2H2,1H3,(H2,15,18,19). The van der Waals surface area contributed by atoms with E-state index in [1.165, 1.54) is 6.21 Å². The van der Waals surface area contributed by atoms with Crippen LogP contribution in [0.4, 0.5) is 16.2 Å². The highest BCUT2D eigenvalue weighted by molar-refractivity contribution is 5.93. The predicted octanol–water partition coefficient (Wildman–Crippen LogP) is 1.87. The maximum Gasteiger partial charge on any atom is 0.320 e. The van der Waals surface area contributed by atoms with Crippen molar-refractivity contribution in [3.8, 4) is 6.07 Å². The van der Waals surface area contributed by atoms with Crippen LogP contribution in [-0.2, 0) is 0 Å². The van der Waals surface area contributed by atoms with E-state index in [-0.39, 0.29) is 11.6 Å². The average molecular weight is 255 g/mol. The highest BCUT2D eigenvalue weighted by Gasteiger charge is 2.13. The molecule has 0 spiro atoms. The molecule has 1 aliphatic heterocycles. The Hall–Kier alpha value is -2.81. The predicted molar refractivity (Wildman–Crippen MR) is 73.1 cm³/mol. The summed E-state index contributed by atoms with van der Waals surface area (Å²) >= 11 is 0. The highest BCUT2D eigenvalue weighted by atomic mass is 16.2. The molecule has 1 aliphatic rings.